The quantitative estimate of drug-likeness (QED) is 0.887. The van der Waals surface area contributed by atoms with Crippen LogP contribution in [0.25, 0.3) is 0 Å². The van der Waals surface area contributed by atoms with E-state index < -0.39 is 11.6 Å². The molecule has 1 aliphatic heterocycles. The maximum Gasteiger partial charge on any atom is 0.257 e. The van der Waals surface area contributed by atoms with Crippen LogP contribution in [0.2, 0.25) is 0 Å². The Morgan fingerprint density at radius 1 is 1.14 bits per heavy atom. The second-order valence-corrected chi connectivity index (χ2v) is 4.98. The second-order valence-electron chi connectivity index (χ2n) is 4.98. The molecule has 0 radical (unpaired) electrons. The highest BCUT2D eigenvalue weighted by molar-refractivity contribution is 6.08. The number of para-hydroxylation sites is 1. The second kappa shape index (κ2) is 5.52. The van der Waals surface area contributed by atoms with Crippen molar-refractivity contribution in [3.8, 4) is 0 Å². The molecule has 0 fully saturated rings. The van der Waals surface area contributed by atoms with Crippen LogP contribution in [0.1, 0.15) is 22.3 Å². The van der Waals surface area contributed by atoms with Gasteiger partial charge in [0, 0.05) is 18.3 Å². The Bertz CT molecular complexity index is 680. The van der Waals surface area contributed by atoms with Crippen LogP contribution in [-0.2, 0) is 6.42 Å². The van der Waals surface area contributed by atoms with Gasteiger partial charge < -0.3 is 10.6 Å². The number of fused-ring (bicyclic) bond motifs is 1. The van der Waals surface area contributed by atoms with E-state index in [0.717, 1.165) is 48.8 Å². The Balaban J connectivity index is 1.89. The van der Waals surface area contributed by atoms with Gasteiger partial charge in [-0.25, -0.2) is 8.78 Å². The van der Waals surface area contributed by atoms with E-state index in [0.29, 0.717) is 5.56 Å². The number of aryl methyl sites for hydroxylation is 1. The van der Waals surface area contributed by atoms with Crippen LogP contribution >= 0.6 is 0 Å². The summed E-state index contributed by atoms with van der Waals surface area (Å²) in [6.07, 6.45) is 1.94. The third-order valence-corrected chi connectivity index (χ3v) is 3.44. The molecular weight excluding hydrogens is 274 g/mol. The van der Waals surface area contributed by atoms with E-state index in [1.54, 1.807) is 6.07 Å². The SMILES string of the molecule is O=C(Nc1cc(F)cc(F)c1)c1cccc2c1NCCC2. The lowest BCUT2D eigenvalue weighted by Gasteiger charge is -2.20. The van der Waals surface area contributed by atoms with Crippen molar-refractivity contribution >= 4 is 17.3 Å². The van der Waals surface area contributed by atoms with Gasteiger partial charge in [-0.05, 0) is 36.6 Å². The van der Waals surface area contributed by atoms with Crippen LogP contribution in [0.5, 0.6) is 0 Å². The molecule has 21 heavy (non-hydrogen) atoms. The molecule has 1 amide bonds. The van der Waals surface area contributed by atoms with E-state index in [4.69, 9.17) is 0 Å². The minimum atomic E-state index is -0.724. The first kappa shape index (κ1) is 13.5. The fourth-order valence-electron chi connectivity index (χ4n) is 2.52. The topological polar surface area (TPSA) is 41.1 Å². The van der Waals surface area contributed by atoms with Crippen LogP contribution in [0.15, 0.2) is 36.4 Å². The summed E-state index contributed by atoms with van der Waals surface area (Å²) in [6, 6.07) is 8.42. The van der Waals surface area contributed by atoms with Crippen molar-refractivity contribution < 1.29 is 13.6 Å². The Morgan fingerprint density at radius 2 is 1.90 bits per heavy atom. The average molecular weight is 288 g/mol. The molecule has 2 aromatic carbocycles. The van der Waals surface area contributed by atoms with Gasteiger partial charge in [-0.2, -0.15) is 0 Å². The van der Waals surface area contributed by atoms with Crippen LogP contribution in [0, 0.1) is 11.6 Å². The van der Waals surface area contributed by atoms with Gasteiger partial charge in [0.05, 0.1) is 11.3 Å². The van der Waals surface area contributed by atoms with Crippen molar-refractivity contribution in [3.63, 3.8) is 0 Å². The molecule has 2 N–H and O–H groups in total. The first-order valence-corrected chi connectivity index (χ1v) is 6.77. The fourth-order valence-corrected chi connectivity index (χ4v) is 2.52. The molecule has 2 aromatic rings. The molecule has 0 unspecified atom stereocenters. The zero-order valence-electron chi connectivity index (χ0n) is 11.2. The van der Waals surface area contributed by atoms with E-state index in [1.807, 2.05) is 12.1 Å². The molecule has 1 heterocycles. The van der Waals surface area contributed by atoms with Gasteiger partial charge in [0.15, 0.2) is 0 Å². The molecule has 0 aliphatic carbocycles. The van der Waals surface area contributed by atoms with Crippen molar-refractivity contribution in [3.05, 3.63) is 59.2 Å². The molecule has 108 valence electrons. The summed E-state index contributed by atoms with van der Waals surface area (Å²) in [5.74, 6) is -1.83. The highest BCUT2D eigenvalue weighted by Crippen LogP contribution is 2.27. The van der Waals surface area contributed by atoms with Gasteiger partial charge in [0.25, 0.3) is 5.91 Å². The molecular formula is C16H14F2N2O. The molecule has 0 saturated heterocycles. The van der Waals surface area contributed by atoms with Crippen molar-refractivity contribution in [1.29, 1.82) is 0 Å². The fraction of sp³-hybridized carbons (Fsp3) is 0.188. The van der Waals surface area contributed by atoms with Crippen LogP contribution in [0.4, 0.5) is 20.2 Å². The number of hydrogen-bond acceptors (Lipinski definition) is 2. The minimum absolute atomic E-state index is 0.103. The van der Waals surface area contributed by atoms with Crippen LogP contribution in [-0.4, -0.2) is 12.5 Å². The highest BCUT2D eigenvalue weighted by atomic mass is 19.1. The number of hydrogen-bond donors (Lipinski definition) is 2. The number of nitrogens with one attached hydrogen (secondary N) is 2. The lowest BCUT2D eigenvalue weighted by molar-refractivity contribution is 0.102. The predicted molar refractivity (Wildman–Crippen MR) is 77.6 cm³/mol. The summed E-state index contributed by atoms with van der Waals surface area (Å²) in [4.78, 5) is 12.3. The first-order chi connectivity index (χ1) is 10.1. The summed E-state index contributed by atoms with van der Waals surface area (Å²) >= 11 is 0. The van der Waals surface area contributed by atoms with Gasteiger partial charge >= 0.3 is 0 Å². The highest BCUT2D eigenvalue weighted by Gasteiger charge is 2.17. The minimum Gasteiger partial charge on any atom is -0.384 e. The maximum absolute atomic E-state index is 13.2. The zero-order chi connectivity index (χ0) is 14.8. The molecule has 0 bridgehead atoms. The zero-order valence-corrected chi connectivity index (χ0v) is 11.2. The summed E-state index contributed by atoms with van der Waals surface area (Å²) in [7, 11) is 0. The summed E-state index contributed by atoms with van der Waals surface area (Å²) < 4.78 is 26.3. The molecule has 0 atom stereocenters. The number of carbonyl (C=O) groups is 1. The summed E-state index contributed by atoms with van der Waals surface area (Å²) in [5, 5.41) is 5.74. The molecule has 0 aromatic heterocycles. The number of carbonyl (C=O) groups excluding carboxylic acids is 1. The van der Waals surface area contributed by atoms with Crippen LogP contribution < -0.4 is 10.6 Å². The number of rotatable bonds is 2. The maximum atomic E-state index is 13.2. The predicted octanol–water partition coefficient (Wildman–Crippen LogP) is 3.58. The van der Waals surface area contributed by atoms with Crippen LogP contribution in [0.3, 0.4) is 0 Å². The number of amides is 1. The Kier molecular flexibility index (Phi) is 3.56. The van der Waals surface area contributed by atoms with E-state index >= 15 is 0 Å². The molecule has 3 rings (SSSR count). The van der Waals surface area contributed by atoms with E-state index in [2.05, 4.69) is 10.6 Å². The van der Waals surface area contributed by atoms with Gasteiger partial charge in [-0.1, -0.05) is 12.1 Å². The largest absolute Gasteiger partial charge is 0.384 e. The van der Waals surface area contributed by atoms with Gasteiger partial charge in [-0.15, -0.1) is 0 Å². The monoisotopic (exact) mass is 288 g/mol. The van der Waals surface area contributed by atoms with E-state index in [1.165, 1.54) is 0 Å². The summed E-state index contributed by atoms with van der Waals surface area (Å²) in [6.45, 7) is 0.811. The van der Waals surface area contributed by atoms with Crippen molar-refractivity contribution in [2.24, 2.45) is 0 Å². The Morgan fingerprint density at radius 3 is 2.67 bits per heavy atom. The molecule has 0 saturated carbocycles. The standard InChI is InChI=1S/C16H14F2N2O/c17-11-7-12(18)9-13(8-11)20-16(21)14-5-1-3-10-4-2-6-19-15(10)14/h1,3,5,7-9,19H,2,4,6H2,(H,20,21). The van der Waals surface area contributed by atoms with Crippen molar-refractivity contribution in [1.82, 2.24) is 0 Å². The number of anilines is 2. The normalized spacial score (nSPS) is 13.2. The third-order valence-electron chi connectivity index (χ3n) is 3.44. The molecule has 5 heteroatoms. The molecule has 1 aliphatic rings. The summed E-state index contributed by atoms with van der Waals surface area (Å²) in [5.41, 5.74) is 2.47. The van der Waals surface area contributed by atoms with Crippen molar-refractivity contribution in [2.75, 3.05) is 17.2 Å². The molecule has 3 nitrogen and oxygen atoms in total. The number of benzene rings is 2. The van der Waals surface area contributed by atoms with Crippen molar-refractivity contribution in [2.45, 2.75) is 12.8 Å². The third kappa shape index (κ3) is 2.86. The van der Waals surface area contributed by atoms with Gasteiger partial charge in [-0.3, -0.25) is 4.79 Å². The van der Waals surface area contributed by atoms with Gasteiger partial charge in [0.2, 0.25) is 0 Å². The Hall–Kier alpha value is -2.43. The smallest absolute Gasteiger partial charge is 0.257 e. The average Bonchev–Trinajstić information content (AvgIpc) is 2.45. The van der Waals surface area contributed by atoms with E-state index in [9.17, 15) is 13.6 Å². The van der Waals surface area contributed by atoms with Gasteiger partial charge in [0.1, 0.15) is 11.6 Å². The lowest BCUT2D eigenvalue weighted by Crippen LogP contribution is -2.19. The lowest BCUT2D eigenvalue weighted by atomic mass is 9.99. The first-order valence-electron chi connectivity index (χ1n) is 6.77. The Labute approximate surface area is 121 Å². The van der Waals surface area contributed by atoms with E-state index in [-0.39, 0.29) is 11.6 Å². The molecule has 0 spiro atoms. The number of halogens is 2.